The normalized spacial score (nSPS) is 18.4. The van der Waals surface area contributed by atoms with Crippen molar-refractivity contribution in [2.45, 2.75) is 26.3 Å². The molecule has 1 aromatic rings. The number of hydrogen-bond donors (Lipinski definition) is 2. The third-order valence-corrected chi connectivity index (χ3v) is 2.29. The Hall–Kier alpha value is -1.44. The van der Waals surface area contributed by atoms with Gasteiger partial charge in [0.15, 0.2) is 0 Å². The zero-order chi connectivity index (χ0) is 10.2. The fraction of sp³-hybridized carbons (Fsp3) is 0.333. The largest absolute Gasteiger partial charge is 0.375 e. The summed E-state index contributed by atoms with van der Waals surface area (Å²) >= 11 is 0. The van der Waals surface area contributed by atoms with E-state index in [1.807, 2.05) is 12.1 Å². The molecule has 0 amide bonds. The minimum Gasteiger partial charge on any atom is -0.375 e. The van der Waals surface area contributed by atoms with Crippen LogP contribution in [0, 0.1) is 0 Å². The van der Waals surface area contributed by atoms with Crippen LogP contribution in [0.1, 0.15) is 20.8 Å². The van der Waals surface area contributed by atoms with Gasteiger partial charge in [0, 0.05) is 5.70 Å². The average molecular weight is 188 g/mol. The number of fused-ring (bicyclic) bond motifs is 1. The third kappa shape index (κ3) is 1.74. The van der Waals surface area contributed by atoms with E-state index in [-0.39, 0.29) is 5.54 Å². The molecule has 0 saturated heterocycles. The lowest BCUT2D eigenvalue weighted by atomic mass is 10.0. The topological polar surface area (TPSA) is 24.1 Å². The number of nitrogens with one attached hydrogen (secondary N) is 2. The first-order chi connectivity index (χ1) is 6.57. The summed E-state index contributed by atoms with van der Waals surface area (Å²) in [5.74, 6) is 0. The van der Waals surface area contributed by atoms with Crippen molar-refractivity contribution in [1.82, 2.24) is 0 Å². The van der Waals surface area contributed by atoms with Gasteiger partial charge >= 0.3 is 0 Å². The van der Waals surface area contributed by atoms with Crippen molar-refractivity contribution in [3.63, 3.8) is 0 Å². The molecule has 0 spiro atoms. The molecule has 0 unspecified atom stereocenters. The van der Waals surface area contributed by atoms with Gasteiger partial charge in [0.2, 0.25) is 0 Å². The van der Waals surface area contributed by atoms with E-state index in [1.165, 1.54) is 5.70 Å². The van der Waals surface area contributed by atoms with E-state index in [4.69, 9.17) is 0 Å². The molecule has 0 aromatic heterocycles. The number of hydrogen-bond acceptors (Lipinski definition) is 2. The van der Waals surface area contributed by atoms with Crippen LogP contribution in [0.3, 0.4) is 0 Å². The SMILES string of the molecule is CC1=CC(C)(C)Nc2ccccc2N1. The van der Waals surface area contributed by atoms with Crippen molar-refractivity contribution in [3.8, 4) is 0 Å². The van der Waals surface area contributed by atoms with Crippen LogP contribution in [0.4, 0.5) is 11.4 Å². The Balaban J connectivity index is 2.46. The standard InChI is InChI=1S/C12H16N2/c1-9-8-12(2,3)14-11-7-5-4-6-10(11)13-9/h4-8,13-14H,1-3H3. The molecular formula is C12H16N2. The van der Waals surface area contributed by atoms with Crippen LogP contribution in [0.15, 0.2) is 36.0 Å². The Morgan fingerprint density at radius 1 is 1.07 bits per heavy atom. The maximum atomic E-state index is 3.49. The van der Waals surface area contributed by atoms with E-state index >= 15 is 0 Å². The molecule has 0 bridgehead atoms. The highest BCUT2D eigenvalue weighted by atomic mass is 15.0. The molecule has 1 aliphatic rings. The summed E-state index contributed by atoms with van der Waals surface area (Å²) < 4.78 is 0. The highest BCUT2D eigenvalue weighted by molar-refractivity contribution is 5.72. The van der Waals surface area contributed by atoms with E-state index < -0.39 is 0 Å². The molecule has 1 aromatic carbocycles. The lowest BCUT2D eigenvalue weighted by Crippen LogP contribution is -2.27. The second-order valence-electron chi connectivity index (χ2n) is 4.34. The quantitative estimate of drug-likeness (QED) is 0.653. The summed E-state index contributed by atoms with van der Waals surface area (Å²) in [6.45, 7) is 6.42. The molecule has 0 atom stereocenters. The van der Waals surface area contributed by atoms with E-state index in [0.29, 0.717) is 0 Å². The molecule has 1 heterocycles. The van der Waals surface area contributed by atoms with E-state index in [0.717, 1.165) is 11.4 Å². The Morgan fingerprint density at radius 2 is 1.71 bits per heavy atom. The third-order valence-electron chi connectivity index (χ3n) is 2.29. The lowest BCUT2D eigenvalue weighted by molar-refractivity contribution is 0.711. The maximum Gasteiger partial charge on any atom is 0.0617 e. The predicted octanol–water partition coefficient (Wildman–Crippen LogP) is 3.21. The van der Waals surface area contributed by atoms with Gasteiger partial charge in [-0.1, -0.05) is 12.1 Å². The zero-order valence-corrected chi connectivity index (χ0v) is 8.89. The highest BCUT2D eigenvalue weighted by Gasteiger charge is 2.19. The molecule has 0 fully saturated rings. The smallest absolute Gasteiger partial charge is 0.0617 e. The molecule has 74 valence electrons. The second-order valence-corrected chi connectivity index (χ2v) is 4.34. The van der Waals surface area contributed by atoms with Gasteiger partial charge in [-0.2, -0.15) is 0 Å². The minimum absolute atomic E-state index is 0.00366. The van der Waals surface area contributed by atoms with Crippen LogP contribution in [0.25, 0.3) is 0 Å². The summed E-state index contributed by atoms with van der Waals surface area (Å²) in [5.41, 5.74) is 3.49. The van der Waals surface area contributed by atoms with Crippen molar-refractivity contribution in [3.05, 3.63) is 36.0 Å². The van der Waals surface area contributed by atoms with Crippen molar-refractivity contribution in [2.24, 2.45) is 0 Å². The number of rotatable bonds is 0. The molecule has 1 aliphatic heterocycles. The van der Waals surface area contributed by atoms with E-state index in [2.05, 4.69) is 49.6 Å². The average Bonchev–Trinajstić information content (AvgIpc) is 2.16. The van der Waals surface area contributed by atoms with Crippen LogP contribution >= 0.6 is 0 Å². The van der Waals surface area contributed by atoms with Gasteiger partial charge in [0.1, 0.15) is 0 Å². The van der Waals surface area contributed by atoms with Gasteiger partial charge in [-0.25, -0.2) is 0 Å². The summed E-state index contributed by atoms with van der Waals surface area (Å²) in [4.78, 5) is 0. The van der Waals surface area contributed by atoms with Crippen LogP contribution in [0.2, 0.25) is 0 Å². The molecule has 14 heavy (non-hydrogen) atoms. The van der Waals surface area contributed by atoms with Gasteiger partial charge in [-0.3, -0.25) is 0 Å². The Bertz CT molecular complexity index is 378. The number of benzene rings is 1. The van der Waals surface area contributed by atoms with Crippen LogP contribution in [0.5, 0.6) is 0 Å². The first-order valence-corrected chi connectivity index (χ1v) is 4.90. The fourth-order valence-corrected chi connectivity index (χ4v) is 1.87. The van der Waals surface area contributed by atoms with Crippen LogP contribution in [-0.2, 0) is 0 Å². The fourth-order valence-electron chi connectivity index (χ4n) is 1.87. The van der Waals surface area contributed by atoms with Gasteiger partial charge in [-0.15, -0.1) is 0 Å². The van der Waals surface area contributed by atoms with Crippen molar-refractivity contribution >= 4 is 11.4 Å². The van der Waals surface area contributed by atoms with Crippen molar-refractivity contribution < 1.29 is 0 Å². The molecule has 2 heteroatoms. The van der Waals surface area contributed by atoms with E-state index in [1.54, 1.807) is 0 Å². The minimum atomic E-state index is 0.00366. The summed E-state index contributed by atoms with van der Waals surface area (Å²) in [5, 5.41) is 6.87. The van der Waals surface area contributed by atoms with Crippen LogP contribution in [-0.4, -0.2) is 5.54 Å². The Morgan fingerprint density at radius 3 is 2.43 bits per heavy atom. The molecule has 0 saturated carbocycles. The first kappa shape index (κ1) is 9.13. The summed E-state index contributed by atoms with van der Waals surface area (Å²) in [7, 11) is 0. The first-order valence-electron chi connectivity index (χ1n) is 4.90. The van der Waals surface area contributed by atoms with Gasteiger partial charge in [0.25, 0.3) is 0 Å². The summed E-state index contributed by atoms with van der Waals surface area (Å²) in [6, 6.07) is 8.26. The highest BCUT2D eigenvalue weighted by Crippen LogP contribution is 2.29. The molecule has 0 radical (unpaired) electrons. The molecular weight excluding hydrogens is 172 g/mol. The molecule has 0 aliphatic carbocycles. The Kier molecular flexibility index (Phi) is 1.99. The number of allylic oxidation sites excluding steroid dienone is 1. The molecule has 2 nitrogen and oxygen atoms in total. The van der Waals surface area contributed by atoms with Gasteiger partial charge in [-0.05, 0) is 39.0 Å². The number of anilines is 2. The monoisotopic (exact) mass is 188 g/mol. The van der Waals surface area contributed by atoms with Gasteiger partial charge < -0.3 is 10.6 Å². The molecule has 2 rings (SSSR count). The van der Waals surface area contributed by atoms with Crippen molar-refractivity contribution in [1.29, 1.82) is 0 Å². The summed E-state index contributed by atoms with van der Waals surface area (Å²) in [6.07, 6.45) is 2.20. The van der Waals surface area contributed by atoms with Crippen molar-refractivity contribution in [2.75, 3.05) is 10.6 Å². The van der Waals surface area contributed by atoms with Crippen LogP contribution < -0.4 is 10.6 Å². The zero-order valence-electron chi connectivity index (χ0n) is 8.89. The second kappa shape index (κ2) is 3.05. The molecule has 2 N–H and O–H groups in total. The maximum absolute atomic E-state index is 3.49. The number of para-hydroxylation sites is 2. The predicted molar refractivity (Wildman–Crippen MR) is 61.5 cm³/mol. The lowest BCUT2D eigenvalue weighted by Gasteiger charge is -2.22. The Labute approximate surface area is 85.0 Å². The van der Waals surface area contributed by atoms with Gasteiger partial charge in [0.05, 0.1) is 16.9 Å². The van der Waals surface area contributed by atoms with E-state index in [9.17, 15) is 0 Å².